The van der Waals surface area contributed by atoms with E-state index in [0.717, 1.165) is 25.0 Å². The van der Waals surface area contributed by atoms with Crippen LogP contribution in [-0.4, -0.2) is 28.0 Å². The fraction of sp³-hybridized carbons (Fsp3) is 0.786. The molecular weight excluding hydrogens is 226 g/mol. The molecule has 1 aromatic heterocycles. The topological polar surface area (TPSA) is 53.1 Å². The lowest BCUT2D eigenvalue weighted by atomic mass is 9.86. The van der Waals surface area contributed by atoms with Gasteiger partial charge >= 0.3 is 0 Å². The maximum Gasteiger partial charge on any atom is 0.0831 e. The van der Waals surface area contributed by atoms with Gasteiger partial charge in [0.15, 0.2) is 0 Å². The highest BCUT2D eigenvalue weighted by Gasteiger charge is 2.34. The van der Waals surface area contributed by atoms with Crippen LogP contribution in [0.15, 0.2) is 6.07 Å². The van der Waals surface area contributed by atoms with Crippen LogP contribution < -0.4 is 5.73 Å². The van der Waals surface area contributed by atoms with E-state index >= 15 is 0 Å². The molecule has 0 radical (unpaired) electrons. The van der Waals surface area contributed by atoms with Crippen LogP contribution >= 0.6 is 0 Å². The molecule has 0 aromatic carbocycles. The average molecular weight is 253 g/mol. The predicted molar refractivity (Wildman–Crippen MR) is 74.6 cm³/mol. The number of hydrogen-bond donors (Lipinski definition) is 1. The predicted octanol–water partition coefficient (Wildman–Crippen LogP) is 2.19. The van der Waals surface area contributed by atoms with Crippen LogP contribution in [0.3, 0.4) is 0 Å². The highest BCUT2D eigenvalue weighted by Crippen LogP contribution is 2.26. The SMILES string of the molecule is CCOC(CC)(CC)C(N)Cc1cc(C)nn1C. The Morgan fingerprint density at radius 3 is 2.39 bits per heavy atom. The van der Waals surface area contributed by atoms with E-state index in [1.807, 2.05) is 25.6 Å². The van der Waals surface area contributed by atoms with Crippen molar-refractivity contribution in [2.45, 2.75) is 58.6 Å². The first-order valence-electron chi connectivity index (χ1n) is 6.88. The van der Waals surface area contributed by atoms with E-state index in [4.69, 9.17) is 10.5 Å². The van der Waals surface area contributed by atoms with E-state index in [1.165, 1.54) is 5.69 Å². The summed E-state index contributed by atoms with van der Waals surface area (Å²) < 4.78 is 7.87. The van der Waals surface area contributed by atoms with E-state index < -0.39 is 0 Å². The van der Waals surface area contributed by atoms with Gasteiger partial charge in [0.05, 0.1) is 11.3 Å². The van der Waals surface area contributed by atoms with Crippen molar-refractivity contribution in [3.8, 4) is 0 Å². The van der Waals surface area contributed by atoms with Gasteiger partial charge in [-0.25, -0.2) is 0 Å². The third-order valence-corrected chi connectivity index (χ3v) is 3.83. The monoisotopic (exact) mass is 253 g/mol. The van der Waals surface area contributed by atoms with Gasteiger partial charge in [0.25, 0.3) is 0 Å². The summed E-state index contributed by atoms with van der Waals surface area (Å²) >= 11 is 0. The van der Waals surface area contributed by atoms with Crippen molar-refractivity contribution in [2.24, 2.45) is 12.8 Å². The van der Waals surface area contributed by atoms with Crippen molar-refractivity contribution in [2.75, 3.05) is 6.61 Å². The van der Waals surface area contributed by atoms with Crippen LogP contribution in [0.2, 0.25) is 0 Å². The lowest BCUT2D eigenvalue weighted by Gasteiger charge is -2.37. The lowest BCUT2D eigenvalue weighted by Crippen LogP contribution is -2.50. The van der Waals surface area contributed by atoms with E-state index in [0.29, 0.717) is 6.61 Å². The van der Waals surface area contributed by atoms with Crippen LogP contribution in [0.25, 0.3) is 0 Å². The zero-order valence-electron chi connectivity index (χ0n) is 12.4. The Morgan fingerprint density at radius 2 is 2.00 bits per heavy atom. The Balaban J connectivity index is 2.84. The smallest absolute Gasteiger partial charge is 0.0831 e. The Morgan fingerprint density at radius 1 is 1.39 bits per heavy atom. The van der Waals surface area contributed by atoms with Crippen LogP contribution in [0.4, 0.5) is 0 Å². The number of nitrogens with two attached hydrogens (primary N) is 1. The molecule has 0 aliphatic rings. The summed E-state index contributed by atoms with van der Waals surface area (Å²) in [6, 6.07) is 2.10. The molecule has 1 heterocycles. The minimum Gasteiger partial charge on any atom is -0.374 e. The van der Waals surface area contributed by atoms with Gasteiger partial charge in [-0.05, 0) is 32.8 Å². The Hall–Kier alpha value is -0.870. The van der Waals surface area contributed by atoms with Crippen molar-refractivity contribution in [1.82, 2.24) is 9.78 Å². The first-order valence-corrected chi connectivity index (χ1v) is 6.88. The van der Waals surface area contributed by atoms with E-state index in [1.54, 1.807) is 0 Å². The van der Waals surface area contributed by atoms with Crippen molar-refractivity contribution in [1.29, 1.82) is 0 Å². The number of rotatable bonds is 7. The minimum absolute atomic E-state index is 0.00208. The van der Waals surface area contributed by atoms with Gasteiger partial charge < -0.3 is 10.5 Å². The third-order valence-electron chi connectivity index (χ3n) is 3.83. The fourth-order valence-electron chi connectivity index (χ4n) is 2.64. The maximum absolute atomic E-state index is 6.40. The van der Waals surface area contributed by atoms with Crippen LogP contribution in [0.1, 0.15) is 45.0 Å². The molecule has 18 heavy (non-hydrogen) atoms. The summed E-state index contributed by atoms with van der Waals surface area (Å²) in [6.07, 6.45) is 2.68. The molecule has 2 N–H and O–H groups in total. The molecule has 0 amide bonds. The molecule has 0 aliphatic carbocycles. The minimum atomic E-state index is -0.215. The molecule has 0 spiro atoms. The second-order valence-corrected chi connectivity index (χ2v) is 4.92. The van der Waals surface area contributed by atoms with Gasteiger partial charge in [0, 0.05) is 31.8 Å². The molecule has 1 rings (SSSR count). The van der Waals surface area contributed by atoms with Crippen molar-refractivity contribution in [3.05, 3.63) is 17.5 Å². The third kappa shape index (κ3) is 3.12. The molecule has 0 aliphatic heterocycles. The van der Waals surface area contributed by atoms with E-state index in [9.17, 15) is 0 Å². The first-order chi connectivity index (χ1) is 8.49. The number of hydrogen-bond acceptors (Lipinski definition) is 3. The maximum atomic E-state index is 6.40. The second-order valence-electron chi connectivity index (χ2n) is 4.92. The first kappa shape index (κ1) is 15.2. The zero-order valence-corrected chi connectivity index (χ0v) is 12.4. The Labute approximate surface area is 111 Å². The van der Waals surface area contributed by atoms with E-state index in [2.05, 4.69) is 25.0 Å². The van der Waals surface area contributed by atoms with Gasteiger partial charge in [-0.2, -0.15) is 5.10 Å². The summed E-state index contributed by atoms with van der Waals surface area (Å²) in [7, 11) is 1.97. The Bertz CT molecular complexity index is 369. The van der Waals surface area contributed by atoms with Gasteiger partial charge in [-0.15, -0.1) is 0 Å². The number of aromatic nitrogens is 2. The van der Waals surface area contributed by atoms with E-state index in [-0.39, 0.29) is 11.6 Å². The number of ether oxygens (including phenoxy) is 1. The quantitative estimate of drug-likeness (QED) is 0.810. The summed E-state index contributed by atoms with van der Waals surface area (Å²) in [4.78, 5) is 0. The van der Waals surface area contributed by atoms with Crippen molar-refractivity contribution >= 4 is 0 Å². The molecule has 4 heteroatoms. The molecule has 1 aromatic rings. The zero-order chi connectivity index (χ0) is 13.8. The summed E-state index contributed by atoms with van der Waals surface area (Å²) in [5, 5.41) is 4.36. The summed E-state index contributed by atoms with van der Waals surface area (Å²) in [5.41, 5.74) is 8.40. The largest absolute Gasteiger partial charge is 0.374 e. The molecule has 0 saturated heterocycles. The van der Waals surface area contributed by atoms with Crippen LogP contribution in [-0.2, 0) is 18.2 Å². The lowest BCUT2D eigenvalue weighted by molar-refractivity contribution is -0.0636. The standard InChI is InChI=1S/C14H27N3O/c1-6-14(7-2,18-8-3)13(15)10-12-9-11(4)16-17(12)5/h9,13H,6-8,10,15H2,1-5H3. The normalized spacial score (nSPS) is 13.9. The van der Waals surface area contributed by atoms with Gasteiger partial charge in [-0.3, -0.25) is 4.68 Å². The highest BCUT2D eigenvalue weighted by molar-refractivity contribution is 5.11. The molecular formula is C14H27N3O. The summed E-state index contributed by atoms with van der Waals surface area (Å²) in [5.74, 6) is 0. The summed E-state index contributed by atoms with van der Waals surface area (Å²) in [6.45, 7) is 9.03. The van der Waals surface area contributed by atoms with Crippen molar-refractivity contribution < 1.29 is 4.74 Å². The molecule has 1 unspecified atom stereocenters. The van der Waals surface area contributed by atoms with Crippen molar-refractivity contribution in [3.63, 3.8) is 0 Å². The van der Waals surface area contributed by atoms with Gasteiger partial charge in [0.1, 0.15) is 0 Å². The molecule has 0 saturated carbocycles. The van der Waals surface area contributed by atoms with Gasteiger partial charge in [0.2, 0.25) is 0 Å². The number of nitrogens with zero attached hydrogens (tertiary/aromatic N) is 2. The second kappa shape index (κ2) is 6.34. The average Bonchev–Trinajstić information content (AvgIpc) is 2.65. The van der Waals surface area contributed by atoms with Crippen LogP contribution in [0.5, 0.6) is 0 Å². The Kier molecular flexibility index (Phi) is 5.35. The molecule has 1 atom stereocenters. The molecule has 4 nitrogen and oxygen atoms in total. The molecule has 0 bridgehead atoms. The van der Waals surface area contributed by atoms with Gasteiger partial charge in [-0.1, -0.05) is 13.8 Å². The number of aryl methyl sites for hydroxylation is 2. The van der Waals surface area contributed by atoms with Crippen LogP contribution in [0, 0.1) is 6.92 Å². The molecule has 0 fully saturated rings. The molecule has 104 valence electrons. The fourth-order valence-corrected chi connectivity index (χ4v) is 2.64. The highest BCUT2D eigenvalue weighted by atomic mass is 16.5.